The molecular formula is C17H17NO4S. The molecule has 0 N–H and O–H groups in total. The summed E-state index contributed by atoms with van der Waals surface area (Å²) >= 11 is 0. The second-order valence-corrected chi connectivity index (χ2v) is 7.41. The fraction of sp³-hybridized carbons (Fsp3) is 0.294. The van der Waals surface area contributed by atoms with Gasteiger partial charge < -0.3 is 9.64 Å². The number of benzene rings is 2. The van der Waals surface area contributed by atoms with Crippen LogP contribution in [0.15, 0.2) is 59.5 Å². The summed E-state index contributed by atoms with van der Waals surface area (Å²) in [5, 5.41) is 0. The normalized spacial score (nSPS) is 26.1. The van der Waals surface area contributed by atoms with Gasteiger partial charge in [-0.15, -0.1) is 0 Å². The molecule has 2 aromatic carbocycles. The summed E-state index contributed by atoms with van der Waals surface area (Å²) in [4.78, 5) is 2.02. The number of para-hydroxylation sites is 1. The number of nitrogens with zero attached hydrogens (tertiary/aromatic N) is 1. The summed E-state index contributed by atoms with van der Waals surface area (Å²) in [5.74, 6) is -1.19. The van der Waals surface area contributed by atoms with E-state index in [-0.39, 0.29) is 11.0 Å². The largest absolute Gasteiger partial charge is 0.318 e. The first kappa shape index (κ1) is 14.7. The molecular weight excluding hydrogens is 314 g/mol. The van der Waals surface area contributed by atoms with Crippen molar-refractivity contribution >= 4 is 15.8 Å². The van der Waals surface area contributed by atoms with E-state index in [4.69, 9.17) is 8.92 Å². The number of ether oxygens (including phenoxy) is 1. The third-order valence-corrected chi connectivity index (χ3v) is 5.57. The minimum atomic E-state index is -3.88. The molecule has 2 heterocycles. The molecule has 1 unspecified atom stereocenters. The van der Waals surface area contributed by atoms with Gasteiger partial charge in [-0.2, -0.15) is 8.42 Å². The molecule has 0 bridgehead atoms. The second-order valence-electron chi connectivity index (χ2n) is 5.86. The van der Waals surface area contributed by atoms with Gasteiger partial charge in [0.05, 0.1) is 4.90 Å². The van der Waals surface area contributed by atoms with Crippen LogP contribution in [0.25, 0.3) is 0 Å². The molecule has 2 aliphatic heterocycles. The van der Waals surface area contributed by atoms with Crippen LogP contribution in [0, 0.1) is 6.92 Å². The zero-order valence-corrected chi connectivity index (χ0v) is 13.5. The van der Waals surface area contributed by atoms with Crippen LogP contribution in [0.3, 0.4) is 0 Å². The monoisotopic (exact) mass is 331 g/mol. The van der Waals surface area contributed by atoms with Crippen LogP contribution in [0.5, 0.6) is 0 Å². The molecule has 2 atom stereocenters. The van der Waals surface area contributed by atoms with Crippen molar-refractivity contribution < 1.29 is 17.3 Å². The third-order valence-electron chi connectivity index (χ3n) is 4.26. The van der Waals surface area contributed by atoms with E-state index in [2.05, 4.69) is 0 Å². The van der Waals surface area contributed by atoms with Crippen molar-refractivity contribution in [3.63, 3.8) is 0 Å². The number of epoxide rings is 1. The van der Waals surface area contributed by atoms with E-state index in [1.54, 1.807) is 24.3 Å². The molecule has 5 nitrogen and oxygen atoms in total. The van der Waals surface area contributed by atoms with E-state index in [1.165, 1.54) is 0 Å². The fourth-order valence-electron chi connectivity index (χ4n) is 3.00. The average Bonchev–Trinajstić information content (AvgIpc) is 3.11. The first-order valence-corrected chi connectivity index (χ1v) is 8.95. The van der Waals surface area contributed by atoms with Gasteiger partial charge in [0.15, 0.2) is 0 Å². The van der Waals surface area contributed by atoms with Crippen molar-refractivity contribution in [3.8, 4) is 0 Å². The quantitative estimate of drug-likeness (QED) is 0.637. The summed E-state index contributed by atoms with van der Waals surface area (Å²) in [5.41, 5.74) is 1.89. The Morgan fingerprint density at radius 1 is 1.13 bits per heavy atom. The number of hydrogen-bond acceptors (Lipinski definition) is 5. The Morgan fingerprint density at radius 2 is 1.83 bits per heavy atom. The molecule has 0 radical (unpaired) electrons. The summed E-state index contributed by atoms with van der Waals surface area (Å²) in [7, 11) is -3.88. The predicted octanol–water partition coefficient (Wildman–Crippen LogP) is 2.66. The fourth-order valence-corrected chi connectivity index (χ4v) is 4.11. The van der Waals surface area contributed by atoms with Crippen molar-refractivity contribution in [3.05, 3.63) is 60.2 Å². The zero-order chi connectivity index (χ0) is 16.1. The van der Waals surface area contributed by atoms with Crippen LogP contribution < -0.4 is 4.90 Å². The van der Waals surface area contributed by atoms with Gasteiger partial charge in [0.1, 0.15) is 6.10 Å². The van der Waals surface area contributed by atoms with Crippen LogP contribution in [0.1, 0.15) is 12.0 Å². The highest BCUT2D eigenvalue weighted by Crippen LogP contribution is 2.51. The van der Waals surface area contributed by atoms with Crippen LogP contribution >= 0.6 is 0 Å². The Kier molecular flexibility index (Phi) is 3.23. The van der Waals surface area contributed by atoms with Gasteiger partial charge in [0.2, 0.25) is 0 Å². The van der Waals surface area contributed by atoms with Crippen molar-refractivity contribution in [1.82, 2.24) is 0 Å². The molecule has 23 heavy (non-hydrogen) atoms. The lowest BCUT2D eigenvalue weighted by Crippen LogP contribution is -2.40. The summed E-state index contributed by atoms with van der Waals surface area (Å²) in [6.07, 6.45) is 0.543. The highest BCUT2D eigenvalue weighted by molar-refractivity contribution is 7.86. The van der Waals surface area contributed by atoms with Gasteiger partial charge in [-0.1, -0.05) is 35.9 Å². The highest BCUT2D eigenvalue weighted by Gasteiger charge is 2.69. The Hall–Kier alpha value is -1.89. The van der Waals surface area contributed by atoms with Crippen LogP contribution in [-0.4, -0.2) is 27.0 Å². The lowest BCUT2D eigenvalue weighted by atomic mass is 10.2. The summed E-state index contributed by atoms with van der Waals surface area (Å²) in [6, 6.07) is 16.2. The molecule has 0 aliphatic carbocycles. The van der Waals surface area contributed by atoms with Crippen molar-refractivity contribution in [2.45, 2.75) is 30.3 Å². The smallest absolute Gasteiger partial charge is 0.301 e. The molecule has 2 saturated heterocycles. The number of fused-ring (bicyclic) bond motifs is 1. The van der Waals surface area contributed by atoms with E-state index in [0.717, 1.165) is 17.7 Å². The number of hydrogen-bond donors (Lipinski definition) is 0. The molecule has 2 fully saturated rings. The van der Waals surface area contributed by atoms with Crippen molar-refractivity contribution in [2.75, 3.05) is 11.4 Å². The Morgan fingerprint density at radius 3 is 2.48 bits per heavy atom. The van der Waals surface area contributed by atoms with E-state index < -0.39 is 16.0 Å². The molecule has 2 aromatic rings. The van der Waals surface area contributed by atoms with Crippen molar-refractivity contribution in [1.29, 1.82) is 0 Å². The number of anilines is 1. The summed E-state index contributed by atoms with van der Waals surface area (Å²) < 4.78 is 36.3. The number of aryl methyl sites for hydroxylation is 1. The lowest BCUT2D eigenvalue weighted by molar-refractivity contribution is 0.0649. The van der Waals surface area contributed by atoms with Crippen molar-refractivity contribution in [2.24, 2.45) is 0 Å². The zero-order valence-electron chi connectivity index (χ0n) is 12.7. The molecule has 0 spiro atoms. The maximum Gasteiger partial charge on any atom is 0.301 e. The minimum absolute atomic E-state index is 0.145. The Labute approximate surface area is 135 Å². The van der Waals surface area contributed by atoms with E-state index in [0.29, 0.717) is 6.54 Å². The summed E-state index contributed by atoms with van der Waals surface area (Å²) in [6.45, 7) is 2.61. The number of rotatable bonds is 4. The maximum atomic E-state index is 12.6. The molecule has 0 aromatic heterocycles. The first-order valence-electron chi connectivity index (χ1n) is 7.54. The van der Waals surface area contributed by atoms with Crippen LogP contribution in [0.2, 0.25) is 0 Å². The van der Waals surface area contributed by atoms with E-state index in [9.17, 15) is 8.42 Å². The van der Waals surface area contributed by atoms with Crippen LogP contribution in [-0.2, 0) is 19.0 Å². The third kappa shape index (κ3) is 2.43. The van der Waals surface area contributed by atoms with Gasteiger partial charge in [-0.3, -0.25) is 0 Å². The van der Waals surface area contributed by atoms with E-state index in [1.807, 2.05) is 42.2 Å². The standard InChI is InChI=1S/C17H17NO4S/c1-13-7-9-15(10-8-13)23(19,20)22-17-16(21-17)11-12-18(17)14-5-3-2-4-6-14/h2-10,16H,11-12H2,1H3/t16-,17?/m1/s1. The Balaban J connectivity index is 1.64. The molecule has 0 amide bonds. The van der Waals surface area contributed by atoms with Gasteiger partial charge in [0.25, 0.3) is 5.91 Å². The highest BCUT2D eigenvalue weighted by atomic mass is 32.2. The van der Waals surface area contributed by atoms with Gasteiger partial charge in [0, 0.05) is 12.2 Å². The topological polar surface area (TPSA) is 59.1 Å². The molecule has 4 rings (SSSR count). The second kappa shape index (κ2) is 5.06. The molecule has 6 heteroatoms. The van der Waals surface area contributed by atoms with E-state index >= 15 is 0 Å². The SMILES string of the molecule is Cc1ccc(S(=O)(=O)OC23O[C@@H]2CCN3c2ccccc2)cc1. The minimum Gasteiger partial charge on any atom is -0.318 e. The first-order chi connectivity index (χ1) is 11.0. The molecule has 0 saturated carbocycles. The van der Waals surface area contributed by atoms with Gasteiger partial charge in [-0.25, -0.2) is 4.18 Å². The lowest BCUT2D eigenvalue weighted by Gasteiger charge is -2.26. The Bertz CT molecular complexity index is 819. The molecule has 120 valence electrons. The predicted molar refractivity (Wildman–Crippen MR) is 85.5 cm³/mol. The van der Waals surface area contributed by atoms with Gasteiger partial charge in [-0.05, 0) is 37.6 Å². The van der Waals surface area contributed by atoms with Gasteiger partial charge >= 0.3 is 10.1 Å². The van der Waals surface area contributed by atoms with Crippen LogP contribution in [0.4, 0.5) is 5.69 Å². The average molecular weight is 331 g/mol. The maximum absolute atomic E-state index is 12.6. The molecule has 2 aliphatic rings.